The van der Waals surface area contributed by atoms with E-state index in [9.17, 15) is 14.7 Å². The average Bonchev–Trinajstić information content (AvgIpc) is 2.47. The number of rotatable bonds is 6. The molecule has 6 nitrogen and oxygen atoms in total. The fraction of sp³-hybridized carbons (Fsp3) is 0.286. The smallest absolute Gasteiger partial charge is 0.378 e. The van der Waals surface area contributed by atoms with Gasteiger partial charge in [0.05, 0.1) is 31.4 Å². The first kappa shape index (κ1) is 16.8. The van der Waals surface area contributed by atoms with Crippen LogP contribution in [0.4, 0.5) is 0 Å². The Labute approximate surface area is 126 Å². The number of halogens is 1. The second-order valence-corrected chi connectivity index (χ2v) is 4.21. The third-order valence-electron chi connectivity index (χ3n) is 2.48. The predicted molar refractivity (Wildman–Crippen MR) is 76.8 cm³/mol. The van der Waals surface area contributed by atoms with Crippen LogP contribution in [0.5, 0.6) is 11.5 Å². The van der Waals surface area contributed by atoms with Gasteiger partial charge >= 0.3 is 5.97 Å². The van der Waals surface area contributed by atoms with Crippen molar-refractivity contribution in [2.24, 2.45) is 0 Å². The van der Waals surface area contributed by atoms with E-state index in [2.05, 4.69) is 4.74 Å². The van der Waals surface area contributed by atoms with Gasteiger partial charge in [0.2, 0.25) is 0 Å². The van der Waals surface area contributed by atoms with E-state index < -0.39 is 17.5 Å². The summed E-state index contributed by atoms with van der Waals surface area (Å²) in [6.07, 6.45) is 0.743. The van der Waals surface area contributed by atoms with Gasteiger partial charge in [-0.1, -0.05) is 11.6 Å². The highest BCUT2D eigenvalue weighted by Crippen LogP contribution is 2.35. The molecule has 1 aromatic rings. The van der Waals surface area contributed by atoms with Crippen molar-refractivity contribution in [3.05, 3.63) is 28.8 Å². The average molecular weight is 315 g/mol. The number of ether oxygens (including phenoxy) is 3. The van der Waals surface area contributed by atoms with Crippen LogP contribution in [-0.2, 0) is 14.3 Å². The Kier molecular flexibility index (Phi) is 6.05. The van der Waals surface area contributed by atoms with Crippen molar-refractivity contribution in [1.29, 1.82) is 0 Å². The summed E-state index contributed by atoms with van der Waals surface area (Å²) in [7, 11) is 2.51. The first-order valence-corrected chi connectivity index (χ1v) is 6.36. The summed E-state index contributed by atoms with van der Waals surface area (Å²) in [5, 5.41) is 10.2. The molecule has 0 radical (unpaired) electrons. The lowest BCUT2D eigenvalue weighted by Crippen LogP contribution is -2.13. The van der Waals surface area contributed by atoms with E-state index in [1.165, 1.54) is 19.2 Å². The maximum Gasteiger partial charge on any atom is 0.378 e. The van der Waals surface area contributed by atoms with Gasteiger partial charge in [-0.2, -0.15) is 0 Å². The molecule has 1 aromatic carbocycles. The van der Waals surface area contributed by atoms with E-state index in [0.29, 0.717) is 12.4 Å². The molecule has 21 heavy (non-hydrogen) atoms. The zero-order chi connectivity index (χ0) is 16.0. The number of aliphatic hydroxyl groups excluding tert-OH is 1. The molecule has 1 rings (SSSR count). The minimum absolute atomic E-state index is 0.167. The van der Waals surface area contributed by atoms with E-state index in [1.54, 1.807) is 6.92 Å². The van der Waals surface area contributed by atoms with Gasteiger partial charge in [-0.25, -0.2) is 4.79 Å². The molecule has 0 aliphatic carbocycles. The van der Waals surface area contributed by atoms with Crippen molar-refractivity contribution in [1.82, 2.24) is 0 Å². The van der Waals surface area contributed by atoms with Crippen molar-refractivity contribution in [2.75, 3.05) is 20.8 Å². The van der Waals surface area contributed by atoms with E-state index >= 15 is 0 Å². The van der Waals surface area contributed by atoms with E-state index in [4.69, 9.17) is 21.1 Å². The van der Waals surface area contributed by atoms with Crippen LogP contribution < -0.4 is 9.47 Å². The number of benzene rings is 1. The Morgan fingerprint density at radius 2 is 1.95 bits per heavy atom. The standard InChI is InChI=1S/C14H15ClO6/c1-4-21-12-7-13(19-2)9(15)5-8(12)10(16)6-11(17)14(18)20-3/h5-7,16H,4H2,1-3H3/b10-6-. The summed E-state index contributed by atoms with van der Waals surface area (Å²) in [5.74, 6) is -1.91. The molecule has 114 valence electrons. The molecule has 0 atom stereocenters. The second-order valence-electron chi connectivity index (χ2n) is 3.80. The number of aliphatic hydroxyl groups is 1. The van der Waals surface area contributed by atoms with Crippen LogP contribution in [0.25, 0.3) is 5.76 Å². The number of carbonyl (C=O) groups excluding carboxylic acids is 2. The van der Waals surface area contributed by atoms with Gasteiger partial charge < -0.3 is 19.3 Å². The molecule has 0 bridgehead atoms. The van der Waals surface area contributed by atoms with Gasteiger partial charge in [-0.05, 0) is 13.0 Å². The molecule has 0 unspecified atom stereocenters. The van der Waals surface area contributed by atoms with Crippen LogP contribution in [0, 0.1) is 0 Å². The third kappa shape index (κ3) is 4.13. The first-order chi connectivity index (χ1) is 9.94. The summed E-state index contributed by atoms with van der Waals surface area (Å²) in [6.45, 7) is 2.08. The molecule has 0 saturated heterocycles. The molecule has 0 aliphatic rings. The Balaban J connectivity index is 3.27. The Hall–Kier alpha value is -2.21. The number of carbonyl (C=O) groups is 2. The fourth-order valence-corrected chi connectivity index (χ4v) is 1.77. The van der Waals surface area contributed by atoms with Gasteiger partial charge in [0, 0.05) is 12.1 Å². The highest BCUT2D eigenvalue weighted by Gasteiger charge is 2.17. The molecule has 0 fully saturated rings. The van der Waals surface area contributed by atoms with E-state index in [1.807, 2.05) is 0 Å². The molecule has 1 N–H and O–H groups in total. The van der Waals surface area contributed by atoms with Gasteiger partial charge in [0.1, 0.15) is 17.3 Å². The quantitative estimate of drug-likeness (QED) is 0.376. The highest BCUT2D eigenvalue weighted by atomic mass is 35.5. The van der Waals surface area contributed by atoms with Gasteiger partial charge in [0.15, 0.2) is 0 Å². The van der Waals surface area contributed by atoms with Crippen LogP contribution in [0.3, 0.4) is 0 Å². The van der Waals surface area contributed by atoms with E-state index in [-0.39, 0.29) is 16.3 Å². The molecule has 0 heterocycles. The van der Waals surface area contributed by atoms with Crippen molar-refractivity contribution >= 4 is 29.1 Å². The van der Waals surface area contributed by atoms with Crippen molar-refractivity contribution in [2.45, 2.75) is 6.92 Å². The lowest BCUT2D eigenvalue weighted by molar-refractivity contribution is -0.149. The lowest BCUT2D eigenvalue weighted by atomic mass is 10.1. The first-order valence-electron chi connectivity index (χ1n) is 5.98. The topological polar surface area (TPSA) is 82.1 Å². The monoisotopic (exact) mass is 314 g/mol. The number of hydrogen-bond donors (Lipinski definition) is 1. The van der Waals surface area contributed by atoms with Crippen LogP contribution in [0.15, 0.2) is 18.2 Å². The number of hydrogen-bond acceptors (Lipinski definition) is 6. The second kappa shape index (κ2) is 7.54. The highest BCUT2D eigenvalue weighted by molar-refractivity contribution is 6.39. The minimum atomic E-state index is -1.08. The summed E-state index contributed by atoms with van der Waals surface area (Å²) in [6, 6.07) is 2.86. The molecule has 7 heteroatoms. The van der Waals surface area contributed by atoms with Crippen molar-refractivity contribution < 1.29 is 28.9 Å². The number of esters is 1. The molecule has 0 aliphatic heterocycles. The largest absolute Gasteiger partial charge is 0.507 e. The van der Waals surface area contributed by atoms with Crippen LogP contribution in [-0.4, -0.2) is 37.7 Å². The molecular weight excluding hydrogens is 300 g/mol. The van der Waals surface area contributed by atoms with Crippen molar-refractivity contribution in [3.63, 3.8) is 0 Å². The fourth-order valence-electron chi connectivity index (χ4n) is 1.53. The Morgan fingerprint density at radius 3 is 2.48 bits per heavy atom. The molecule has 0 spiro atoms. The van der Waals surface area contributed by atoms with Gasteiger partial charge in [-0.3, -0.25) is 4.79 Å². The summed E-state index contributed by atoms with van der Waals surface area (Å²) >= 11 is 5.98. The maximum atomic E-state index is 11.4. The predicted octanol–water partition coefficient (Wildman–Crippen LogP) is 2.39. The Bertz CT molecular complexity index is 579. The molecule has 0 saturated carbocycles. The molecule has 0 aromatic heterocycles. The lowest BCUT2D eigenvalue weighted by Gasteiger charge is -2.12. The SMILES string of the molecule is CCOc1cc(OC)c(Cl)cc1/C(O)=C/C(=O)C(=O)OC. The zero-order valence-corrected chi connectivity index (χ0v) is 12.6. The van der Waals surface area contributed by atoms with Crippen molar-refractivity contribution in [3.8, 4) is 11.5 Å². The number of ketones is 1. The summed E-state index contributed by atoms with van der Waals surface area (Å²) in [5.41, 5.74) is 0.167. The normalized spacial score (nSPS) is 11.0. The van der Waals surface area contributed by atoms with Gasteiger partial charge in [0.25, 0.3) is 5.78 Å². The van der Waals surface area contributed by atoms with Crippen LogP contribution in [0.1, 0.15) is 12.5 Å². The van der Waals surface area contributed by atoms with Gasteiger partial charge in [-0.15, -0.1) is 0 Å². The van der Waals surface area contributed by atoms with Crippen LogP contribution in [0.2, 0.25) is 5.02 Å². The minimum Gasteiger partial charge on any atom is -0.507 e. The third-order valence-corrected chi connectivity index (χ3v) is 2.78. The maximum absolute atomic E-state index is 11.4. The Morgan fingerprint density at radius 1 is 1.29 bits per heavy atom. The number of methoxy groups -OCH3 is 2. The molecular formula is C14H15ClO6. The summed E-state index contributed by atoms with van der Waals surface area (Å²) in [4.78, 5) is 22.5. The summed E-state index contributed by atoms with van der Waals surface area (Å²) < 4.78 is 14.7. The molecule has 0 amide bonds. The van der Waals surface area contributed by atoms with E-state index in [0.717, 1.165) is 13.2 Å². The zero-order valence-electron chi connectivity index (χ0n) is 11.8. The van der Waals surface area contributed by atoms with Crippen LogP contribution >= 0.6 is 11.6 Å².